The lowest BCUT2D eigenvalue weighted by Crippen LogP contribution is -2.50. The molecule has 0 atom stereocenters. The van der Waals surface area contributed by atoms with Crippen LogP contribution >= 0.6 is 0 Å². The maximum absolute atomic E-state index is 14.8. The van der Waals surface area contributed by atoms with E-state index in [9.17, 15) is 14.0 Å². The third-order valence-electron chi connectivity index (χ3n) is 3.89. The Labute approximate surface area is 148 Å². The monoisotopic (exact) mass is 351 g/mol. The van der Waals surface area contributed by atoms with Gasteiger partial charge in [0.1, 0.15) is 5.60 Å². The van der Waals surface area contributed by atoms with Crippen LogP contribution in [0.2, 0.25) is 0 Å². The molecule has 0 spiro atoms. The van der Waals surface area contributed by atoms with Crippen LogP contribution in [0.3, 0.4) is 0 Å². The van der Waals surface area contributed by atoms with E-state index in [4.69, 9.17) is 4.74 Å². The molecule has 1 aromatic carbocycles. The van der Waals surface area contributed by atoms with E-state index in [1.54, 1.807) is 31.1 Å². The molecule has 2 amide bonds. The highest BCUT2D eigenvalue weighted by Gasteiger charge is 2.27. The van der Waals surface area contributed by atoms with E-state index in [0.29, 0.717) is 31.9 Å². The summed E-state index contributed by atoms with van der Waals surface area (Å²) in [7, 11) is 3.18. The summed E-state index contributed by atoms with van der Waals surface area (Å²) in [6.07, 6.45) is -0.357. The maximum atomic E-state index is 14.8. The summed E-state index contributed by atoms with van der Waals surface area (Å²) in [5, 5.41) is 0. The lowest BCUT2D eigenvalue weighted by Gasteiger charge is -2.37. The van der Waals surface area contributed by atoms with Gasteiger partial charge >= 0.3 is 6.09 Å². The minimum Gasteiger partial charge on any atom is -0.444 e. The van der Waals surface area contributed by atoms with Gasteiger partial charge in [0, 0.05) is 40.3 Å². The molecule has 1 fully saturated rings. The van der Waals surface area contributed by atoms with Crippen molar-refractivity contribution in [3.05, 3.63) is 29.6 Å². The minimum absolute atomic E-state index is 0.0528. The third kappa shape index (κ3) is 4.61. The Morgan fingerprint density at radius 2 is 1.72 bits per heavy atom. The van der Waals surface area contributed by atoms with Crippen LogP contribution in [0.4, 0.5) is 14.9 Å². The van der Waals surface area contributed by atoms with Crippen molar-refractivity contribution >= 4 is 17.7 Å². The number of ether oxygens (including phenoxy) is 1. The van der Waals surface area contributed by atoms with Crippen molar-refractivity contribution in [3.8, 4) is 0 Å². The van der Waals surface area contributed by atoms with Gasteiger partial charge in [0.15, 0.2) is 5.82 Å². The summed E-state index contributed by atoms with van der Waals surface area (Å²) < 4.78 is 20.1. The average molecular weight is 351 g/mol. The summed E-state index contributed by atoms with van der Waals surface area (Å²) >= 11 is 0. The van der Waals surface area contributed by atoms with Crippen LogP contribution in [0.1, 0.15) is 31.1 Å². The first-order valence-electron chi connectivity index (χ1n) is 8.33. The van der Waals surface area contributed by atoms with Crippen LogP contribution in [0.5, 0.6) is 0 Å². The average Bonchev–Trinajstić information content (AvgIpc) is 2.53. The Hall–Kier alpha value is -2.31. The molecule has 25 heavy (non-hydrogen) atoms. The van der Waals surface area contributed by atoms with Crippen molar-refractivity contribution in [1.82, 2.24) is 9.80 Å². The molecule has 6 nitrogen and oxygen atoms in total. The predicted octanol–water partition coefficient (Wildman–Crippen LogP) is 2.58. The molecule has 0 radical (unpaired) electrons. The summed E-state index contributed by atoms with van der Waals surface area (Å²) in [5.74, 6) is -0.890. The summed E-state index contributed by atoms with van der Waals surface area (Å²) in [6, 6.07) is 4.82. The zero-order chi connectivity index (χ0) is 18.8. The number of amides is 2. The van der Waals surface area contributed by atoms with Crippen molar-refractivity contribution in [1.29, 1.82) is 0 Å². The molecule has 1 aliphatic heterocycles. The van der Waals surface area contributed by atoms with Crippen LogP contribution in [-0.2, 0) is 4.74 Å². The Balaban J connectivity index is 2.07. The number of halogens is 1. The fraction of sp³-hybridized carbons (Fsp3) is 0.556. The number of carbonyl (C=O) groups excluding carboxylic acids is 2. The summed E-state index contributed by atoms with van der Waals surface area (Å²) in [4.78, 5) is 29.0. The maximum Gasteiger partial charge on any atom is 0.410 e. The van der Waals surface area contributed by atoms with Crippen LogP contribution < -0.4 is 4.90 Å². The molecule has 0 aliphatic carbocycles. The van der Waals surface area contributed by atoms with Gasteiger partial charge in [-0.1, -0.05) is 6.07 Å². The standard InChI is InChI=1S/C18H26FN3O3/c1-18(2,3)25-17(24)22-11-9-21(10-12-22)14-8-6-7-13(15(14)19)16(23)20(4)5/h6-8H,9-12H2,1-5H3. The van der Waals surface area contributed by atoms with Gasteiger partial charge in [-0.15, -0.1) is 0 Å². The van der Waals surface area contributed by atoms with Crippen LogP contribution in [0, 0.1) is 5.82 Å². The number of piperazine rings is 1. The van der Waals surface area contributed by atoms with Crippen molar-refractivity contribution in [2.24, 2.45) is 0 Å². The van der Waals surface area contributed by atoms with Gasteiger partial charge in [-0.05, 0) is 32.9 Å². The normalized spacial score (nSPS) is 15.1. The van der Waals surface area contributed by atoms with Gasteiger partial charge in [-0.25, -0.2) is 9.18 Å². The molecule has 0 unspecified atom stereocenters. The molecule has 0 aromatic heterocycles. The Bertz CT molecular complexity index is 647. The molecular formula is C18H26FN3O3. The largest absolute Gasteiger partial charge is 0.444 e. The number of rotatable bonds is 2. The first-order chi connectivity index (χ1) is 11.6. The zero-order valence-electron chi connectivity index (χ0n) is 15.5. The Kier molecular flexibility index (Phi) is 5.55. The topological polar surface area (TPSA) is 53.1 Å². The number of benzene rings is 1. The molecule has 1 heterocycles. The van der Waals surface area contributed by atoms with Gasteiger partial charge in [-0.3, -0.25) is 4.79 Å². The first-order valence-corrected chi connectivity index (χ1v) is 8.33. The van der Waals surface area contributed by atoms with E-state index < -0.39 is 11.4 Å². The molecule has 0 bridgehead atoms. The molecular weight excluding hydrogens is 325 g/mol. The lowest BCUT2D eigenvalue weighted by atomic mass is 10.1. The molecule has 1 aliphatic rings. The van der Waals surface area contributed by atoms with E-state index in [0.717, 1.165) is 0 Å². The lowest BCUT2D eigenvalue weighted by molar-refractivity contribution is 0.0240. The van der Waals surface area contributed by atoms with E-state index in [2.05, 4.69) is 0 Å². The van der Waals surface area contributed by atoms with E-state index in [-0.39, 0.29) is 17.6 Å². The van der Waals surface area contributed by atoms with E-state index in [1.165, 1.54) is 11.0 Å². The first kappa shape index (κ1) is 19.0. The molecule has 2 rings (SSSR count). The number of hydrogen-bond donors (Lipinski definition) is 0. The smallest absolute Gasteiger partial charge is 0.410 e. The minimum atomic E-state index is -0.540. The zero-order valence-corrected chi connectivity index (χ0v) is 15.5. The highest BCUT2D eigenvalue weighted by molar-refractivity contribution is 5.95. The second-order valence-electron chi connectivity index (χ2n) is 7.29. The number of hydrogen-bond acceptors (Lipinski definition) is 4. The van der Waals surface area contributed by atoms with E-state index >= 15 is 0 Å². The van der Waals surface area contributed by atoms with Crippen LogP contribution in [0.25, 0.3) is 0 Å². The highest BCUT2D eigenvalue weighted by Crippen LogP contribution is 2.24. The second kappa shape index (κ2) is 7.29. The summed E-state index contributed by atoms with van der Waals surface area (Å²) in [5.41, 5.74) is -0.102. The van der Waals surface area contributed by atoms with Crippen molar-refractivity contribution in [3.63, 3.8) is 0 Å². The van der Waals surface area contributed by atoms with Gasteiger partial charge in [0.2, 0.25) is 0 Å². The predicted molar refractivity (Wildman–Crippen MR) is 94.4 cm³/mol. The molecule has 1 aromatic rings. The molecule has 0 saturated carbocycles. The van der Waals surface area contributed by atoms with Gasteiger partial charge in [-0.2, -0.15) is 0 Å². The third-order valence-corrected chi connectivity index (χ3v) is 3.89. The van der Waals surface area contributed by atoms with Gasteiger partial charge in [0.25, 0.3) is 5.91 Å². The highest BCUT2D eigenvalue weighted by atomic mass is 19.1. The van der Waals surface area contributed by atoms with Crippen molar-refractivity contribution in [2.75, 3.05) is 45.2 Å². The van der Waals surface area contributed by atoms with Crippen molar-refractivity contribution in [2.45, 2.75) is 26.4 Å². The summed E-state index contributed by atoms with van der Waals surface area (Å²) in [6.45, 7) is 7.32. The fourth-order valence-electron chi connectivity index (χ4n) is 2.63. The van der Waals surface area contributed by atoms with Gasteiger partial charge in [0.05, 0.1) is 11.3 Å². The Morgan fingerprint density at radius 3 is 2.24 bits per heavy atom. The number of anilines is 1. The number of nitrogens with zero attached hydrogens (tertiary/aromatic N) is 3. The quantitative estimate of drug-likeness (QED) is 0.822. The molecule has 138 valence electrons. The van der Waals surface area contributed by atoms with Crippen LogP contribution in [0.15, 0.2) is 18.2 Å². The second-order valence-corrected chi connectivity index (χ2v) is 7.29. The Morgan fingerprint density at radius 1 is 1.12 bits per heavy atom. The molecule has 0 N–H and O–H groups in total. The van der Waals surface area contributed by atoms with Crippen LogP contribution in [-0.4, -0.2) is 67.7 Å². The van der Waals surface area contributed by atoms with E-state index in [1.807, 2.05) is 25.7 Å². The van der Waals surface area contributed by atoms with Crippen molar-refractivity contribution < 1.29 is 18.7 Å². The SMILES string of the molecule is CN(C)C(=O)c1cccc(N2CCN(C(=O)OC(C)(C)C)CC2)c1F. The number of carbonyl (C=O) groups is 2. The molecule has 1 saturated heterocycles. The fourth-order valence-corrected chi connectivity index (χ4v) is 2.63. The molecule has 7 heteroatoms. The van der Waals surface area contributed by atoms with Gasteiger partial charge < -0.3 is 19.4 Å².